The van der Waals surface area contributed by atoms with Gasteiger partial charge in [-0.25, -0.2) is 39.9 Å². The van der Waals surface area contributed by atoms with E-state index < -0.39 is 7.12 Å². The van der Waals surface area contributed by atoms with Crippen LogP contribution in [-0.2, 0) is 9.31 Å². The van der Waals surface area contributed by atoms with E-state index in [9.17, 15) is 0 Å². The Bertz CT molecular complexity index is 6070. The number of hydrogen-bond acceptors (Lipinski definition) is 10. The maximum absolute atomic E-state index is 6.29. The minimum absolute atomic E-state index is 0. The van der Waals surface area contributed by atoms with Gasteiger partial charge in [0.2, 0.25) is 0 Å². The van der Waals surface area contributed by atoms with E-state index in [1.807, 2.05) is 162 Å². The fraction of sp³-hybridized carbons (Fsp3) is 0.0667. The maximum atomic E-state index is 6.29. The van der Waals surface area contributed by atoms with Gasteiger partial charge in [-0.05, 0) is 85.0 Å². The van der Waals surface area contributed by atoms with E-state index in [4.69, 9.17) is 49.2 Å². The van der Waals surface area contributed by atoms with Crippen LogP contribution in [0.3, 0.4) is 0 Å². The molecule has 1 saturated heterocycles. The number of hydrogen-bond donors (Lipinski definition) is 0. The zero-order valence-corrected chi connectivity index (χ0v) is 59.0. The van der Waals surface area contributed by atoms with Crippen LogP contribution in [0, 0.1) is 0 Å². The number of fused-ring (bicyclic) bond motifs is 10. The van der Waals surface area contributed by atoms with Crippen LogP contribution in [0.15, 0.2) is 332 Å². The third-order valence-corrected chi connectivity index (χ3v) is 20.2. The Morgan fingerprint density at radius 2 is 0.625 bits per heavy atom. The van der Waals surface area contributed by atoms with Crippen LogP contribution >= 0.6 is 15.9 Å². The van der Waals surface area contributed by atoms with Gasteiger partial charge in [-0.1, -0.05) is 285 Å². The Labute approximate surface area is 611 Å². The first kappa shape index (κ1) is 64.9. The molecule has 14 heteroatoms. The highest BCUT2D eigenvalue weighted by Gasteiger charge is 2.51. The summed E-state index contributed by atoms with van der Waals surface area (Å²) in [5.74, 6) is 1.41. The van der Waals surface area contributed by atoms with Crippen LogP contribution in [0.4, 0.5) is 0 Å². The lowest BCUT2D eigenvalue weighted by Crippen LogP contribution is -2.41. The molecule has 0 amide bonds. The van der Waals surface area contributed by atoms with Gasteiger partial charge in [0.25, 0.3) is 0 Å². The Kier molecular flexibility index (Phi) is 17.1. The van der Waals surface area contributed by atoms with Crippen LogP contribution in [0.5, 0.6) is 0 Å². The van der Waals surface area contributed by atoms with Crippen molar-refractivity contribution >= 4 is 83.7 Å². The number of benzene rings is 10. The number of halogens is 1. The predicted octanol–water partition coefficient (Wildman–Crippen LogP) is 21.6. The van der Waals surface area contributed by atoms with Crippen LogP contribution in [0.2, 0.25) is 0 Å². The number of aromatic nitrogens is 10. The molecule has 1 fully saturated rings. The molecule has 18 aromatic rings. The summed E-state index contributed by atoms with van der Waals surface area (Å²) >= 11 is 3.74. The largest absolute Gasteiger partial charge is 0.494 e. The van der Waals surface area contributed by atoms with Crippen LogP contribution in [0.1, 0.15) is 29.1 Å². The lowest BCUT2D eigenvalue weighted by Gasteiger charge is -2.32. The number of imidazole rings is 2. The zero-order chi connectivity index (χ0) is 70.3. The molecule has 10 aromatic carbocycles. The van der Waals surface area contributed by atoms with Crippen molar-refractivity contribution in [2.45, 2.75) is 38.9 Å². The summed E-state index contributed by atoms with van der Waals surface area (Å²) in [6, 6.07) is 107. The van der Waals surface area contributed by atoms with Crippen molar-refractivity contribution in [3.05, 3.63) is 332 Å². The molecule has 0 saturated carbocycles. The van der Waals surface area contributed by atoms with Crippen molar-refractivity contribution in [3.63, 3.8) is 0 Å². The topological polar surface area (TPSA) is 130 Å². The Balaban J connectivity index is 0.000000127. The highest BCUT2D eigenvalue weighted by atomic mass is 79.9. The molecular formula is C90H68BBrN10O2. The molecule has 0 bridgehead atoms. The van der Waals surface area contributed by atoms with E-state index in [0.717, 1.165) is 161 Å². The second kappa shape index (κ2) is 27.5. The first-order valence-corrected chi connectivity index (χ1v) is 35.5. The molecule has 1 aliphatic heterocycles. The van der Waals surface area contributed by atoms with Gasteiger partial charge in [0.1, 0.15) is 22.3 Å². The number of rotatable bonds is 10. The predicted molar refractivity (Wildman–Crippen MR) is 428 cm³/mol. The van der Waals surface area contributed by atoms with E-state index in [1.54, 1.807) is 0 Å². The van der Waals surface area contributed by atoms with Gasteiger partial charge < -0.3 is 9.31 Å². The lowest BCUT2D eigenvalue weighted by molar-refractivity contribution is 0.00578. The van der Waals surface area contributed by atoms with Gasteiger partial charge in [0, 0.05) is 85.4 Å². The quantitative estimate of drug-likeness (QED) is 0.122. The molecule has 8 aromatic heterocycles. The standard InChI is InChI=1S/C42H27N5.C26H24BN3O2.C22H15BrN2.H2/c1-4-15-28(16-5-1)38-36(39(29-17-6-2-7-18-29)45-41(44-38)30-19-8-3-9-20-30)31-21-14-22-32(27-31)37-33-23-10-11-24-34(33)40-42(46-37)47-26-13-12-25-35(47)43-40;1-25(2)26(3,4)32-27(31-25)18-11-9-10-17(16-18)22-19-12-5-6-13-20(19)23-24(29-22)30-15-8-7-14-21(30)28-23;23-19-20(16-10-4-1-5-11-16)24-22(18-14-8-3-9-15-18)25-21(19)17-12-6-2-7-13-17;/h1-27H;5-16H,1-4H3;1-15H;1H/i;;;1+1. The Morgan fingerprint density at radius 1 is 0.298 bits per heavy atom. The molecule has 0 atom stereocenters. The lowest BCUT2D eigenvalue weighted by atomic mass is 9.78. The normalized spacial score (nSPS) is 13.1. The molecule has 0 aliphatic carbocycles. The monoisotopic (exact) mass is 1410 g/mol. The first-order valence-electron chi connectivity index (χ1n) is 34.7. The third kappa shape index (κ3) is 12.3. The molecule has 0 N–H and O–H groups in total. The number of nitrogens with zero attached hydrogens (tertiary/aromatic N) is 10. The molecule has 12 nitrogen and oxygen atoms in total. The van der Waals surface area contributed by atoms with Gasteiger partial charge >= 0.3 is 7.12 Å². The van der Waals surface area contributed by atoms with Gasteiger partial charge in [-0.15, -0.1) is 0 Å². The Hall–Kier alpha value is -12.5. The average molecular weight is 1410 g/mol. The molecule has 19 rings (SSSR count). The van der Waals surface area contributed by atoms with E-state index in [1.165, 1.54) is 0 Å². The highest BCUT2D eigenvalue weighted by molar-refractivity contribution is 9.10. The van der Waals surface area contributed by atoms with Crippen molar-refractivity contribution in [1.82, 2.24) is 48.7 Å². The molecule has 0 unspecified atom stereocenters. The third-order valence-electron chi connectivity index (χ3n) is 19.4. The SMILES string of the molecule is Brc1c(-c2ccccc2)nc(-c2ccccc2)nc1-c1ccccc1.CC1(C)OB(c2cccc(-c3nc4c(nc5ccccn54)c4ccccc34)c2)OC1(C)C.[2HH].c1ccc(-c2nc(-c3ccccc3)c(-c3cccc(-c4nc5c(nc6ccccn65)c5ccccc45)c3)c(-c3ccccc3)n2)cc1. The van der Waals surface area contributed by atoms with E-state index in [-0.39, 0.29) is 12.6 Å². The van der Waals surface area contributed by atoms with Crippen LogP contribution in [-0.4, -0.2) is 67.0 Å². The fourth-order valence-corrected chi connectivity index (χ4v) is 14.2. The maximum Gasteiger partial charge on any atom is 0.494 e. The van der Waals surface area contributed by atoms with Crippen molar-refractivity contribution in [3.8, 4) is 101 Å². The molecule has 9 heterocycles. The van der Waals surface area contributed by atoms with Crippen molar-refractivity contribution in [2.75, 3.05) is 0 Å². The molecule has 1 aliphatic rings. The summed E-state index contributed by atoms with van der Waals surface area (Å²) < 4.78 is 17.6. The van der Waals surface area contributed by atoms with E-state index in [0.29, 0.717) is 5.82 Å². The highest BCUT2D eigenvalue weighted by Crippen LogP contribution is 2.44. The smallest absolute Gasteiger partial charge is 0.399 e. The second-order valence-corrected chi connectivity index (χ2v) is 27.4. The van der Waals surface area contributed by atoms with Crippen molar-refractivity contribution < 1.29 is 10.7 Å². The first-order chi connectivity index (χ1) is 51.0. The Morgan fingerprint density at radius 3 is 1.05 bits per heavy atom. The molecule has 500 valence electrons. The summed E-state index contributed by atoms with van der Waals surface area (Å²) in [6.45, 7) is 8.30. The summed E-state index contributed by atoms with van der Waals surface area (Å²) in [4.78, 5) is 40.4. The fourth-order valence-electron chi connectivity index (χ4n) is 13.5. The van der Waals surface area contributed by atoms with Gasteiger partial charge in [-0.2, -0.15) is 0 Å². The summed E-state index contributed by atoms with van der Waals surface area (Å²) in [7, 11) is -0.411. The minimum atomic E-state index is -0.411. The molecule has 104 heavy (non-hydrogen) atoms. The van der Waals surface area contributed by atoms with Crippen LogP contribution < -0.4 is 5.46 Å². The second-order valence-electron chi connectivity index (χ2n) is 26.6. The van der Waals surface area contributed by atoms with Gasteiger partial charge in [-0.3, -0.25) is 8.80 Å². The van der Waals surface area contributed by atoms with Gasteiger partial charge in [0.15, 0.2) is 22.9 Å². The number of pyridine rings is 4. The van der Waals surface area contributed by atoms with E-state index in [2.05, 4.69) is 218 Å². The summed E-state index contributed by atoms with van der Waals surface area (Å²) in [5.41, 5.74) is 21.1. The minimum Gasteiger partial charge on any atom is -0.399 e. The molecular weight excluding hydrogens is 1340 g/mol. The summed E-state index contributed by atoms with van der Waals surface area (Å²) in [6.07, 6.45) is 4.04. The van der Waals surface area contributed by atoms with Gasteiger partial charge in [0.05, 0.1) is 49.8 Å². The van der Waals surface area contributed by atoms with Crippen molar-refractivity contribution in [2.24, 2.45) is 0 Å². The van der Waals surface area contributed by atoms with E-state index >= 15 is 0 Å². The van der Waals surface area contributed by atoms with Crippen molar-refractivity contribution in [1.29, 1.82) is 0 Å². The average Bonchev–Trinajstić information content (AvgIpc) is 1.71. The van der Waals surface area contributed by atoms with Crippen LogP contribution in [0.25, 0.3) is 157 Å². The molecule has 0 radical (unpaired) electrons. The zero-order valence-electron chi connectivity index (χ0n) is 57.4. The molecule has 0 spiro atoms. The summed E-state index contributed by atoms with van der Waals surface area (Å²) in [5, 5.41) is 4.31.